The van der Waals surface area contributed by atoms with Gasteiger partial charge in [-0.3, -0.25) is 4.79 Å². The first-order chi connectivity index (χ1) is 9.54. The van der Waals surface area contributed by atoms with Gasteiger partial charge in [0.15, 0.2) is 0 Å². The lowest BCUT2D eigenvalue weighted by Crippen LogP contribution is -2.28. The second-order valence-electron chi connectivity index (χ2n) is 4.68. The molecule has 4 heteroatoms. The predicted molar refractivity (Wildman–Crippen MR) is 85.4 cm³/mol. The van der Waals surface area contributed by atoms with E-state index < -0.39 is 0 Å². The molecule has 2 nitrogen and oxygen atoms in total. The van der Waals surface area contributed by atoms with Crippen molar-refractivity contribution in [3.63, 3.8) is 0 Å². The number of carbonyl (C=O) groups is 1. The van der Waals surface area contributed by atoms with Crippen LogP contribution in [0.2, 0.25) is 5.02 Å². The Bertz CT molecular complexity index is 580. The van der Waals surface area contributed by atoms with E-state index in [4.69, 9.17) is 11.6 Å². The Balaban J connectivity index is 1.93. The van der Waals surface area contributed by atoms with Crippen molar-refractivity contribution in [2.75, 3.05) is 0 Å². The van der Waals surface area contributed by atoms with E-state index in [9.17, 15) is 4.79 Å². The summed E-state index contributed by atoms with van der Waals surface area (Å²) in [6.07, 6.45) is 0.367. The molecule has 104 valence electrons. The minimum Gasteiger partial charge on any atom is -0.349 e. The molecule has 0 spiro atoms. The first-order valence-electron chi connectivity index (χ1n) is 6.37. The zero-order valence-corrected chi connectivity index (χ0v) is 12.8. The molecule has 0 saturated carbocycles. The van der Waals surface area contributed by atoms with Crippen molar-refractivity contribution in [3.8, 4) is 0 Å². The van der Waals surface area contributed by atoms with Crippen molar-refractivity contribution >= 4 is 30.1 Å². The fourth-order valence-electron chi connectivity index (χ4n) is 1.93. The van der Waals surface area contributed by atoms with E-state index in [-0.39, 0.29) is 11.9 Å². The van der Waals surface area contributed by atoms with Crippen molar-refractivity contribution in [1.82, 2.24) is 5.32 Å². The summed E-state index contributed by atoms with van der Waals surface area (Å²) in [6.45, 7) is 1.96. The first-order valence-corrected chi connectivity index (χ1v) is 7.20. The Morgan fingerprint density at radius 3 is 2.35 bits per heavy atom. The molecule has 0 heterocycles. The lowest BCUT2D eigenvalue weighted by atomic mass is 10.1. The zero-order chi connectivity index (χ0) is 14.5. The topological polar surface area (TPSA) is 29.1 Å². The molecule has 0 radical (unpaired) electrons. The molecule has 0 bridgehead atoms. The monoisotopic (exact) mass is 305 g/mol. The summed E-state index contributed by atoms with van der Waals surface area (Å²) >= 11 is 10.1. The Kier molecular flexibility index (Phi) is 5.10. The summed E-state index contributed by atoms with van der Waals surface area (Å²) in [6, 6.07) is 15.0. The molecule has 2 rings (SSSR count). The van der Waals surface area contributed by atoms with Crippen molar-refractivity contribution < 1.29 is 4.79 Å². The molecule has 0 aliphatic heterocycles. The lowest BCUT2D eigenvalue weighted by Gasteiger charge is -2.14. The van der Waals surface area contributed by atoms with Crippen LogP contribution in [0.25, 0.3) is 0 Å². The number of rotatable bonds is 4. The standard InChI is InChI=1S/C16H16ClNOS/c1-11(13-4-6-14(17)7-5-13)18-16(19)10-12-2-8-15(20)9-3-12/h2-9,11,20H,10H2,1H3,(H,18,19). The van der Waals surface area contributed by atoms with E-state index in [2.05, 4.69) is 17.9 Å². The van der Waals surface area contributed by atoms with Gasteiger partial charge in [0.1, 0.15) is 0 Å². The average molecular weight is 306 g/mol. The van der Waals surface area contributed by atoms with Crippen LogP contribution in [0.15, 0.2) is 53.4 Å². The maximum atomic E-state index is 12.0. The summed E-state index contributed by atoms with van der Waals surface area (Å²) in [5, 5.41) is 3.67. The van der Waals surface area contributed by atoms with Gasteiger partial charge in [0.05, 0.1) is 12.5 Å². The Morgan fingerprint density at radius 1 is 1.15 bits per heavy atom. The molecule has 0 saturated heterocycles. The van der Waals surface area contributed by atoms with Crippen LogP contribution in [0.3, 0.4) is 0 Å². The largest absolute Gasteiger partial charge is 0.349 e. The van der Waals surface area contributed by atoms with Crippen molar-refractivity contribution in [3.05, 3.63) is 64.7 Å². The van der Waals surface area contributed by atoms with Gasteiger partial charge in [0.25, 0.3) is 0 Å². The molecule has 0 aliphatic rings. The number of amides is 1. The highest BCUT2D eigenvalue weighted by atomic mass is 35.5. The highest BCUT2D eigenvalue weighted by Crippen LogP contribution is 2.16. The third-order valence-electron chi connectivity index (χ3n) is 3.05. The van der Waals surface area contributed by atoms with Crippen LogP contribution in [-0.4, -0.2) is 5.91 Å². The van der Waals surface area contributed by atoms with E-state index in [0.29, 0.717) is 11.4 Å². The highest BCUT2D eigenvalue weighted by molar-refractivity contribution is 7.80. The zero-order valence-electron chi connectivity index (χ0n) is 11.1. The predicted octanol–water partition coefficient (Wildman–Crippen LogP) is 4.05. The lowest BCUT2D eigenvalue weighted by molar-refractivity contribution is -0.121. The average Bonchev–Trinajstić information content (AvgIpc) is 2.42. The molecule has 1 amide bonds. The van der Waals surface area contributed by atoms with Crippen molar-refractivity contribution in [1.29, 1.82) is 0 Å². The van der Waals surface area contributed by atoms with Crippen LogP contribution < -0.4 is 5.32 Å². The minimum absolute atomic E-state index is 0.000589. The van der Waals surface area contributed by atoms with Gasteiger partial charge in [-0.25, -0.2) is 0 Å². The summed E-state index contributed by atoms with van der Waals surface area (Å²) in [5.74, 6) is -0.000589. The number of thiol groups is 1. The molecule has 1 N–H and O–H groups in total. The van der Waals surface area contributed by atoms with Gasteiger partial charge in [-0.2, -0.15) is 0 Å². The molecule has 2 aromatic carbocycles. The van der Waals surface area contributed by atoms with Crippen LogP contribution in [0.5, 0.6) is 0 Å². The summed E-state index contributed by atoms with van der Waals surface area (Å²) in [4.78, 5) is 12.9. The fourth-order valence-corrected chi connectivity index (χ4v) is 2.20. The third kappa shape index (κ3) is 4.29. The van der Waals surface area contributed by atoms with Gasteiger partial charge in [-0.05, 0) is 42.3 Å². The van der Waals surface area contributed by atoms with Gasteiger partial charge >= 0.3 is 0 Å². The van der Waals surface area contributed by atoms with Gasteiger partial charge < -0.3 is 5.32 Å². The SMILES string of the molecule is CC(NC(=O)Cc1ccc(S)cc1)c1ccc(Cl)cc1. The van der Waals surface area contributed by atoms with E-state index >= 15 is 0 Å². The summed E-state index contributed by atoms with van der Waals surface area (Å²) < 4.78 is 0. The molecule has 20 heavy (non-hydrogen) atoms. The van der Waals surface area contributed by atoms with Gasteiger partial charge in [-0.1, -0.05) is 35.9 Å². The van der Waals surface area contributed by atoms with Gasteiger partial charge in [0, 0.05) is 9.92 Å². The molecule has 2 aromatic rings. The second-order valence-corrected chi connectivity index (χ2v) is 5.64. The normalized spacial score (nSPS) is 11.9. The van der Waals surface area contributed by atoms with E-state index in [1.165, 1.54) is 0 Å². The van der Waals surface area contributed by atoms with E-state index in [1.807, 2.05) is 55.5 Å². The molecule has 1 unspecified atom stereocenters. The van der Waals surface area contributed by atoms with Gasteiger partial charge in [-0.15, -0.1) is 12.6 Å². The van der Waals surface area contributed by atoms with E-state index in [0.717, 1.165) is 16.0 Å². The highest BCUT2D eigenvalue weighted by Gasteiger charge is 2.10. The maximum absolute atomic E-state index is 12.0. The number of nitrogens with one attached hydrogen (secondary N) is 1. The van der Waals surface area contributed by atoms with Gasteiger partial charge in [0.2, 0.25) is 5.91 Å². The molecular formula is C16H16ClNOS. The Morgan fingerprint density at radius 2 is 1.75 bits per heavy atom. The van der Waals surface area contributed by atoms with Crippen LogP contribution >= 0.6 is 24.2 Å². The second kappa shape index (κ2) is 6.82. The van der Waals surface area contributed by atoms with Crippen LogP contribution in [0, 0.1) is 0 Å². The first kappa shape index (κ1) is 14.9. The minimum atomic E-state index is -0.0380. The van der Waals surface area contributed by atoms with Crippen LogP contribution in [0.4, 0.5) is 0 Å². The van der Waals surface area contributed by atoms with E-state index in [1.54, 1.807) is 0 Å². The smallest absolute Gasteiger partial charge is 0.224 e. The fraction of sp³-hybridized carbons (Fsp3) is 0.188. The Hall–Kier alpha value is -1.45. The maximum Gasteiger partial charge on any atom is 0.224 e. The number of carbonyl (C=O) groups excluding carboxylic acids is 1. The van der Waals surface area contributed by atoms with Crippen molar-refractivity contribution in [2.24, 2.45) is 0 Å². The van der Waals surface area contributed by atoms with Crippen LogP contribution in [0.1, 0.15) is 24.1 Å². The molecule has 0 fully saturated rings. The number of benzene rings is 2. The van der Waals surface area contributed by atoms with Crippen LogP contribution in [-0.2, 0) is 11.2 Å². The molecule has 0 aliphatic carbocycles. The quantitative estimate of drug-likeness (QED) is 0.820. The third-order valence-corrected chi connectivity index (χ3v) is 3.60. The molecule has 1 atom stereocenters. The number of halogens is 1. The summed E-state index contributed by atoms with van der Waals surface area (Å²) in [5.41, 5.74) is 2.01. The van der Waals surface area contributed by atoms with Crippen molar-refractivity contribution in [2.45, 2.75) is 24.3 Å². The number of hydrogen-bond donors (Lipinski definition) is 2. The number of hydrogen-bond acceptors (Lipinski definition) is 2. The molecular weight excluding hydrogens is 290 g/mol. The summed E-state index contributed by atoms with van der Waals surface area (Å²) in [7, 11) is 0. The molecule has 0 aromatic heterocycles. The Labute approximate surface area is 129 Å².